The largest absolute Gasteiger partial charge is 0.382 e. The van der Waals surface area contributed by atoms with Gasteiger partial charge in [0.25, 0.3) is 0 Å². The fraction of sp³-hybridized carbons (Fsp3) is 0.667. The van der Waals surface area contributed by atoms with E-state index in [1.807, 2.05) is 6.92 Å². The highest BCUT2D eigenvalue weighted by Gasteiger charge is 1.95. The van der Waals surface area contributed by atoms with Gasteiger partial charge in [-0.1, -0.05) is 6.58 Å². The van der Waals surface area contributed by atoms with Crippen LogP contribution in [-0.4, -0.2) is 25.8 Å². The number of rotatable bonds is 8. The molecule has 0 aromatic carbocycles. The van der Waals surface area contributed by atoms with Crippen molar-refractivity contribution in [2.24, 2.45) is 0 Å². The van der Waals surface area contributed by atoms with Crippen LogP contribution in [0.2, 0.25) is 0 Å². The summed E-state index contributed by atoms with van der Waals surface area (Å²) in [5, 5.41) is 0. The van der Waals surface area contributed by atoms with E-state index in [1.54, 1.807) is 0 Å². The number of ether oxygens (including phenoxy) is 1. The summed E-state index contributed by atoms with van der Waals surface area (Å²) >= 11 is 0. The SMILES string of the molecule is C=CC(=O)OOCCCCOCC. The zero-order valence-electron chi connectivity index (χ0n) is 7.95. The van der Waals surface area contributed by atoms with E-state index < -0.39 is 5.97 Å². The Bertz CT molecular complexity index is 145. The highest BCUT2D eigenvalue weighted by Crippen LogP contribution is 1.92. The summed E-state index contributed by atoms with van der Waals surface area (Å²) in [7, 11) is 0. The van der Waals surface area contributed by atoms with Crippen molar-refractivity contribution >= 4 is 5.97 Å². The van der Waals surface area contributed by atoms with E-state index in [9.17, 15) is 4.79 Å². The molecular formula is C9H16O4. The highest BCUT2D eigenvalue weighted by molar-refractivity contribution is 5.80. The summed E-state index contributed by atoms with van der Waals surface area (Å²) in [6, 6.07) is 0. The summed E-state index contributed by atoms with van der Waals surface area (Å²) in [4.78, 5) is 19.3. The lowest BCUT2D eigenvalue weighted by molar-refractivity contribution is -0.267. The first-order valence-electron chi connectivity index (χ1n) is 4.34. The fourth-order valence-electron chi connectivity index (χ4n) is 0.643. The molecule has 0 radical (unpaired) electrons. The third-order valence-electron chi connectivity index (χ3n) is 1.28. The summed E-state index contributed by atoms with van der Waals surface area (Å²) in [5.41, 5.74) is 0. The molecule has 0 heterocycles. The van der Waals surface area contributed by atoms with Gasteiger partial charge in [-0.15, -0.1) is 0 Å². The van der Waals surface area contributed by atoms with E-state index in [4.69, 9.17) is 4.74 Å². The minimum Gasteiger partial charge on any atom is -0.382 e. The van der Waals surface area contributed by atoms with Gasteiger partial charge in [0.05, 0.1) is 6.61 Å². The van der Waals surface area contributed by atoms with Crippen molar-refractivity contribution in [3.8, 4) is 0 Å². The number of carbonyl (C=O) groups is 1. The maximum Gasteiger partial charge on any atom is 0.365 e. The van der Waals surface area contributed by atoms with Gasteiger partial charge < -0.3 is 4.74 Å². The molecule has 0 fully saturated rings. The van der Waals surface area contributed by atoms with Gasteiger partial charge in [0.15, 0.2) is 0 Å². The van der Waals surface area contributed by atoms with Crippen LogP contribution in [-0.2, 0) is 19.3 Å². The Morgan fingerprint density at radius 3 is 2.69 bits per heavy atom. The second-order valence-corrected chi connectivity index (χ2v) is 2.33. The molecule has 0 aliphatic heterocycles. The van der Waals surface area contributed by atoms with Gasteiger partial charge in [0, 0.05) is 19.3 Å². The van der Waals surface area contributed by atoms with Gasteiger partial charge in [-0.25, -0.2) is 4.79 Å². The Balaban J connectivity index is 2.99. The molecule has 0 bridgehead atoms. The minimum atomic E-state index is -0.565. The van der Waals surface area contributed by atoms with Crippen LogP contribution < -0.4 is 0 Å². The lowest BCUT2D eigenvalue weighted by Crippen LogP contribution is -2.04. The molecule has 0 atom stereocenters. The van der Waals surface area contributed by atoms with Crippen LogP contribution in [0.15, 0.2) is 12.7 Å². The van der Waals surface area contributed by atoms with E-state index in [2.05, 4.69) is 16.4 Å². The predicted octanol–water partition coefficient (Wildman–Crippen LogP) is 1.46. The number of unbranched alkanes of at least 4 members (excludes halogenated alkanes) is 1. The minimum absolute atomic E-state index is 0.395. The summed E-state index contributed by atoms with van der Waals surface area (Å²) < 4.78 is 5.10. The Kier molecular flexibility index (Phi) is 8.60. The lowest BCUT2D eigenvalue weighted by atomic mass is 10.3. The maximum absolute atomic E-state index is 10.5. The molecule has 0 saturated carbocycles. The van der Waals surface area contributed by atoms with Crippen molar-refractivity contribution in [3.05, 3.63) is 12.7 Å². The molecule has 0 aliphatic carbocycles. The maximum atomic E-state index is 10.5. The topological polar surface area (TPSA) is 44.8 Å². The zero-order chi connectivity index (χ0) is 9.94. The number of hydrogen-bond acceptors (Lipinski definition) is 4. The van der Waals surface area contributed by atoms with Crippen molar-refractivity contribution in [3.63, 3.8) is 0 Å². The van der Waals surface area contributed by atoms with E-state index >= 15 is 0 Å². The van der Waals surface area contributed by atoms with Crippen molar-refractivity contribution in [2.45, 2.75) is 19.8 Å². The van der Waals surface area contributed by atoms with Gasteiger partial charge in [0.2, 0.25) is 0 Å². The Hall–Kier alpha value is -0.870. The standard InChI is InChI=1S/C9H16O4/c1-3-9(10)13-12-8-6-5-7-11-4-2/h3H,1,4-8H2,2H3. The summed E-state index contributed by atoms with van der Waals surface area (Å²) in [6.07, 6.45) is 2.77. The molecule has 0 rings (SSSR count). The number of hydrogen-bond donors (Lipinski definition) is 0. The molecule has 0 saturated heterocycles. The van der Waals surface area contributed by atoms with Crippen LogP contribution in [0.3, 0.4) is 0 Å². The van der Waals surface area contributed by atoms with E-state index in [1.165, 1.54) is 0 Å². The average Bonchev–Trinajstić information content (AvgIpc) is 2.16. The quantitative estimate of drug-likeness (QED) is 0.250. The van der Waals surface area contributed by atoms with E-state index in [0.717, 1.165) is 32.1 Å². The van der Waals surface area contributed by atoms with Gasteiger partial charge in [0.1, 0.15) is 0 Å². The summed E-state index contributed by atoms with van der Waals surface area (Å²) in [6.45, 7) is 7.01. The molecule has 4 heteroatoms. The molecule has 0 aromatic rings. The molecule has 13 heavy (non-hydrogen) atoms. The van der Waals surface area contributed by atoms with Gasteiger partial charge in [-0.3, -0.25) is 4.89 Å². The van der Waals surface area contributed by atoms with E-state index in [-0.39, 0.29) is 0 Å². The van der Waals surface area contributed by atoms with Crippen LogP contribution in [0.4, 0.5) is 0 Å². The van der Waals surface area contributed by atoms with Crippen molar-refractivity contribution < 1.29 is 19.3 Å². The molecule has 0 aromatic heterocycles. The first-order chi connectivity index (χ1) is 6.31. The highest BCUT2D eigenvalue weighted by atomic mass is 17.2. The van der Waals surface area contributed by atoms with Crippen molar-refractivity contribution in [2.75, 3.05) is 19.8 Å². The monoisotopic (exact) mass is 188 g/mol. The molecule has 0 N–H and O–H groups in total. The van der Waals surface area contributed by atoms with Crippen LogP contribution in [0.25, 0.3) is 0 Å². The third kappa shape index (κ3) is 9.04. The third-order valence-corrected chi connectivity index (χ3v) is 1.28. The van der Waals surface area contributed by atoms with Gasteiger partial charge >= 0.3 is 5.97 Å². The van der Waals surface area contributed by atoms with E-state index in [0.29, 0.717) is 6.61 Å². The lowest BCUT2D eigenvalue weighted by Gasteiger charge is -2.01. The average molecular weight is 188 g/mol. The zero-order valence-corrected chi connectivity index (χ0v) is 7.95. The molecular weight excluding hydrogens is 172 g/mol. The van der Waals surface area contributed by atoms with Crippen LogP contribution in [0, 0.1) is 0 Å². The molecule has 0 amide bonds. The normalized spacial score (nSPS) is 9.62. The van der Waals surface area contributed by atoms with Gasteiger partial charge in [-0.2, -0.15) is 4.89 Å². The Morgan fingerprint density at radius 2 is 2.08 bits per heavy atom. The van der Waals surface area contributed by atoms with Crippen LogP contribution >= 0.6 is 0 Å². The number of carbonyl (C=O) groups excluding carboxylic acids is 1. The first-order valence-corrected chi connectivity index (χ1v) is 4.34. The van der Waals surface area contributed by atoms with Gasteiger partial charge in [-0.05, 0) is 19.8 Å². The van der Waals surface area contributed by atoms with Crippen LogP contribution in [0.1, 0.15) is 19.8 Å². The molecule has 0 unspecified atom stereocenters. The molecule has 0 spiro atoms. The fourth-order valence-corrected chi connectivity index (χ4v) is 0.643. The second kappa shape index (κ2) is 9.22. The molecule has 0 aliphatic rings. The molecule has 76 valence electrons. The molecule has 4 nitrogen and oxygen atoms in total. The Morgan fingerprint density at radius 1 is 1.38 bits per heavy atom. The smallest absolute Gasteiger partial charge is 0.365 e. The first kappa shape index (κ1) is 12.1. The van der Waals surface area contributed by atoms with Crippen molar-refractivity contribution in [1.29, 1.82) is 0 Å². The van der Waals surface area contributed by atoms with Crippen molar-refractivity contribution in [1.82, 2.24) is 0 Å². The predicted molar refractivity (Wildman–Crippen MR) is 48.0 cm³/mol. The second-order valence-electron chi connectivity index (χ2n) is 2.33. The summed E-state index contributed by atoms with van der Waals surface area (Å²) in [5.74, 6) is -0.565. The van der Waals surface area contributed by atoms with Crippen LogP contribution in [0.5, 0.6) is 0 Å². The Labute approximate surface area is 78.4 Å².